The van der Waals surface area contributed by atoms with Crippen molar-refractivity contribution in [1.29, 1.82) is 0 Å². The van der Waals surface area contributed by atoms with E-state index in [9.17, 15) is 0 Å². The van der Waals surface area contributed by atoms with Gasteiger partial charge in [-0.2, -0.15) is 0 Å². The highest BCUT2D eigenvalue weighted by molar-refractivity contribution is 9.10. The third kappa shape index (κ3) is 2.35. The van der Waals surface area contributed by atoms with Crippen molar-refractivity contribution in [3.8, 4) is 0 Å². The van der Waals surface area contributed by atoms with Crippen LogP contribution in [-0.2, 0) is 0 Å². The standard InChI is InChI=1S/C8H8BBrS/c1-2-6(9)5-8-7(10)3-4-11-8/h2-5H,1,9H2/b6-5-. The van der Waals surface area contributed by atoms with Crippen LogP contribution < -0.4 is 0 Å². The zero-order valence-corrected chi connectivity index (χ0v) is 8.71. The Hall–Kier alpha value is -0.275. The molecule has 0 fully saturated rings. The molecule has 3 heteroatoms. The maximum Gasteiger partial charge on any atom is 0.139 e. The van der Waals surface area contributed by atoms with Crippen LogP contribution in [0.5, 0.6) is 0 Å². The van der Waals surface area contributed by atoms with Crippen LogP contribution in [0.1, 0.15) is 4.88 Å². The van der Waals surface area contributed by atoms with Crippen LogP contribution in [0.15, 0.2) is 34.0 Å². The summed E-state index contributed by atoms with van der Waals surface area (Å²) in [6, 6.07) is 2.05. The summed E-state index contributed by atoms with van der Waals surface area (Å²) in [5.41, 5.74) is 1.19. The average Bonchev–Trinajstić information content (AvgIpc) is 2.37. The number of halogens is 1. The predicted molar refractivity (Wildman–Crippen MR) is 58.7 cm³/mol. The summed E-state index contributed by atoms with van der Waals surface area (Å²) >= 11 is 5.18. The molecule has 11 heavy (non-hydrogen) atoms. The summed E-state index contributed by atoms with van der Waals surface area (Å²) < 4.78 is 1.16. The highest BCUT2D eigenvalue weighted by Crippen LogP contribution is 2.24. The van der Waals surface area contributed by atoms with E-state index in [1.807, 2.05) is 20.0 Å². The SMILES string of the molecule is B/C(C=C)=C\c1sccc1Br. The van der Waals surface area contributed by atoms with Crippen LogP contribution in [0.4, 0.5) is 0 Å². The van der Waals surface area contributed by atoms with Crippen molar-refractivity contribution in [3.63, 3.8) is 0 Å². The van der Waals surface area contributed by atoms with Gasteiger partial charge in [0.25, 0.3) is 0 Å². The zero-order chi connectivity index (χ0) is 8.27. The van der Waals surface area contributed by atoms with E-state index in [2.05, 4.69) is 34.0 Å². The van der Waals surface area contributed by atoms with Crippen molar-refractivity contribution in [3.05, 3.63) is 38.9 Å². The first-order valence-electron chi connectivity index (χ1n) is 3.28. The van der Waals surface area contributed by atoms with Crippen molar-refractivity contribution < 1.29 is 0 Å². The smallest absolute Gasteiger partial charge is 0.139 e. The summed E-state index contributed by atoms with van der Waals surface area (Å²) in [6.45, 7) is 3.69. The van der Waals surface area contributed by atoms with Gasteiger partial charge in [0.15, 0.2) is 0 Å². The Morgan fingerprint density at radius 2 is 2.45 bits per heavy atom. The van der Waals surface area contributed by atoms with Gasteiger partial charge in [-0.3, -0.25) is 0 Å². The lowest BCUT2D eigenvalue weighted by atomic mass is 9.95. The highest BCUT2D eigenvalue weighted by Gasteiger charge is 1.95. The molecule has 0 aliphatic carbocycles. The fourth-order valence-electron chi connectivity index (χ4n) is 0.674. The van der Waals surface area contributed by atoms with Crippen LogP contribution >= 0.6 is 27.3 Å². The molecule has 0 radical (unpaired) electrons. The molecule has 0 aliphatic heterocycles. The Balaban J connectivity index is 2.94. The minimum Gasteiger partial charge on any atom is -0.143 e. The number of allylic oxidation sites excluding steroid dienone is 2. The second-order valence-corrected chi connectivity index (χ2v) is 4.03. The fourth-order valence-corrected chi connectivity index (χ4v) is 2.16. The van der Waals surface area contributed by atoms with Crippen molar-refractivity contribution in [2.24, 2.45) is 0 Å². The molecule has 0 N–H and O–H groups in total. The van der Waals surface area contributed by atoms with Gasteiger partial charge in [-0.25, -0.2) is 0 Å². The third-order valence-electron chi connectivity index (χ3n) is 1.33. The molecule has 0 aromatic carbocycles. The fraction of sp³-hybridized carbons (Fsp3) is 0. The van der Waals surface area contributed by atoms with Gasteiger partial charge in [0.2, 0.25) is 0 Å². The van der Waals surface area contributed by atoms with E-state index in [0.717, 1.165) is 4.47 Å². The lowest BCUT2D eigenvalue weighted by Gasteiger charge is -1.90. The Kier molecular flexibility index (Phi) is 3.15. The summed E-state index contributed by atoms with van der Waals surface area (Å²) in [4.78, 5) is 1.25. The zero-order valence-electron chi connectivity index (χ0n) is 6.30. The molecular formula is C8H8BBrS. The lowest BCUT2D eigenvalue weighted by Crippen LogP contribution is -1.72. The molecule has 0 spiro atoms. The van der Waals surface area contributed by atoms with Crippen molar-refractivity contribution in [2.45, 2.75) is 0 Å². The molecule has 0 aliphatic rings. The Bertz CT molecular complexity index is 288. The van der Waals surface area contributed by atoms with E-state index < -0.39 is 0 Å². The lowest BCUT2D eigenvalue weighted by molar-refractivity contribution is 1.82. The monoisotopic (exact) mass is 226 g/mol. The third-order valence-corrected chi connectivity index (χ3v) is 3.14. The quantitative estimate of drug-likeness (QED) is 0.538. The average molecular weight is 227 g/mol. The molecule has 1 aromatic rings. The van der Waals surface area contributed by atoms with Crippen molar-refractivity contribution in [1.82, 2.24) is 0 Å². The first-order valence-corrected chi connectivity index (χ1v) is 4.95. The maximum atomic E-state index is 3.69. The number of rotatable bonds is 2. The van der Waals surface area contributed by atoms with Crippen LogP contribution in [0.3, 0.4) is 0 Å². The molecule has 0 saturated carbocycles. The van der Waals surface area contributed by atoms with Gasteiger partial charge in [0.05, 0.1) is 0 Å². The summed E-state index contributed by atoms with van der Waals surface area (Å²) in [6.07, 6.45) is 3.97. The number of thiophene rings is 1. The van der Waals surface area contributed by atoms with Crippen molar-refractivity contribution >= 4 is 41.2 Å². The summed E-state index contributed by atoms with van der Waals surface area (Å²) in [7, 11) is 2.04. The van der Waals surface area contributed by atoms with Gasteiger partial charge in [0, 0.05) is 9.35 Å². The minimum atomic E-state index is 1.16. The van der Waals surface area contributed by atoms with E-state index >= 15 is 0 Å². The second kappa shape index (κ2) is 3.93. The molecular weight excluding hydrogens is 219 g/mol. The molecule has 0 atom stereocenters. The number of hydrogen-bond donors (Lipinski definition) is 0. The van der Waals surface area contributed by atoms with Crippen LogP contribution in [0, 0.1) is 0 Å². The van der Waals surface area contributed by atoms with E-state index in [1.54, 1.807) is 11.3 Å². The minimum absolute atomic E-state index is 1.16. The second-order valence-electron chi connectivity index (χ2n) is 2.23. The number of hydrogen-bond acceptors (Lipinski definition) is 1. The Morgan fingerprint density at radius 1 is 1.73 bits per heavy atom. The summed E-state index contributed by atoms with van der Waals surface area (Å²) in [5, 5.41) is 2.06. The van der Waals surface area contributed by atoms with Gasteiger partial charge < -0.3 is 0 Å². The first-order chi connectivity index (χ1) is 5.24. The molecule has 56 valence electrons. The Labute approximate surface area is 80.2 Å². The molecule has 1 aromatic heterocycles. The largest absolute Gasteiger partial charge is 0.143 e. The van der Waals surface area contributed by atoms with Crippen molar-refractivity contribution in [2.75, 3.05) is 0 Å². The summed E-state index contributed by atoms with van der Waals surface area (Å²) in [5.74, 6) is 0. The molecule has 1 rings (SSSR count). The van der Waals surface area contributed by atoms with Crippen LogP contribution in [-0.4, -0.2) is 7.85 Å². The predicted octanol–water partition coefficient (Wildman–Crippen LogP) is 2.67. The van der Waals surface area contributed by atoms with Gasteiger partial charge in [-0.05, 0) is 27.4 Å². The van der Waals surface area contributed by atoms with E-state index in [-0.39, 0.29) is 0 Å². The van der Waals surface area contributed by atoms with Gasteiger partial charge in [-0.1, -0.05) is 24.2 Å². The molecule has 1 heterocycles. The molecule has 0 amide bonds. The molecule has 0 nitrogen and oxygen atoms in total. The van der Waals surface area contributed by atoms with E-state index in [1.165, 1.54) is 10.3 Å². The van der Waals surface area contributed by atoms with Gasteiger partial charge in [0.1, 0.15) is 7.85 Å². The normalized spacial score (nSPS) is 11.5. The highest BCUT2D eigenvalue weighted by atomic mass is 79.9. The van der Waals surface area contributed by atoms with Gasteiger partial charge in [-0.15, -0.1) is 11.3 Å². The van der Waals surface area contributed by atoms with E-state index in [0.29, 0.717) is 0 Å². The topological polar surface area (TPSA) is 0 Å². The Morgan fingerprint density at radius 3 is 2.91 bits per heavy atom. The maximum absolute atomic E-state index is 3.69. The molecule has 0 bridgehead atoms. The van der Waals surface area contributed by atoms with Gasteiger partial charge >= 0.3 is 0 Å². The van der Waals surface area contributed by atoms with Crippen LogP contribution in [0.25, 0.3) is 6.08 Å². The first kappa shape index (κ1) is 8.82. The molecule has 0 unspecified atom stereocenters. The molecule has 0 saturated heterocycles. The van der Waals surface area contributed by atoms with E-state index in [4.69, 9.17) is 0 Å². The van der Waals surface area contributed by atoms with Crippen LogP contribution in [0.2, 0.25) is 0 Å².